The maximum atomic E-state index is 11.6. The summed E-state index contributed by atoms with van der Waals surface area (Å²) in [4.78, 5) is 11.6. The van der Waals surface area contributed by atoms with Crippen LogP contribution < -0.4 is 5.32 Å². The molecule has 1 aromatic heterocycles. The van der Waals surface area contributed by atoms with Crippen LogP contribution in [0.4, 0.5) is 0 Å². The minimum absolute atomic E-state index is 0.180. The molecule has 20 heavy (non-hydrogen) atoms. The third kappa shape index (κ3) is 4.40. The van der Waals surface area contributed by atoms with Gasteiger partial charge < -0.3 is 14.8 Å². The van der Waals surface area contributed by atoms with Gasteiger partial charge in [0.1, 0.15) is 11.9 Å². The number of nitrogens with one attached hydrogen (secondary N) is 1. The second-order valence-electron chi connectivity index (χ2n) is 4.35. The fraction of sp³-hybridized carbons (Fsp3) is 0.188. The molecule has 1 heterocycles. The summed E-state index contributed by atoms with van der Waals surface area (Å²) in [5.74, 6) is 0.333. The van der Waals surface area contributed by atoms with Crippen molar-refractivity contribution in [2.75, 3.05) is 6.54 Å². The Morgan fingerprint density at radius 3 is 2.75 bits per heavy atom. The normalized spacial score (nSPS) is 12.4. The van der Waals surface area contributed by atoms with Gasteiger partial charge in [-0.1, -0.05) is 30.3 Å². The van der Waals surface area contributed by atoms with Crippen LogP contribution in [0.2, 0.25) is 0 Å². The van der Waals surface area contributed by atoms with Gasteiger partial charge >= 0.3 is 0 Å². The summed E-state index contributed by atoms with van der Waals surface area (Å²) >= 11 is 0. The number of hydrogen-bond donors (Lipinski definition) is 2. The maximum absolute atomic E-state index is 11.6. The SMILES string of the molecule is O=C(/C=C/c1ccccc1)NCC[C@@H](O)c1ccco1. The second-order valence-corrected chi connectivity index (χ2v) is 4.35. The molecular formula is C16H17NO3. The van der Waals surface area contributed by atoms with Gasteiger partial charge in [-0.15, -0.1) is 0 Å². The molecule has 1 aromatic carbocycles. The quantitative estimate of drug-likeness (QED) is 0.794. The van der Waals surface area contributed by atoms with Gasteiger partial charge in [-0.3, -0.25) is 4.79 Å². The Balaban J connectivity index is 1.72. The molecule has 2 aromatic rings. The first kappa shape index (κ1) is 14.1. The highest BCUT2D eigenvalue weighted by atomic mass is 16.4. The molecule has 2 N–H and O–H groups in total. The Kier molecular flexibility index (Phi) is 5.15. The topological polar surface area (TPSA) is 62.5 Å². The first-order valence-corrected chi connectivity index (χ1v) is 6.48. The zero-order chi connectivity index (χ0) is 14.2. The van der Waals surface area contributed by atoms with E-state index in [1.165, 1.54) is 12.3 Å². The number of aliphatic hydroxyl groups is 1. The van der Waals surface area contributed by atoms with Gasteiger partial charge in [-0.25, -0.2) is 0 Å². The van der Waals surface area contributed by atoms with Crippen molar-refractivity contribution in [3.63, 3.8) is 0 Å². The minimum Gasteiger partial charge on any atom is -0.467 e. The molecule has 0 saturated carbocycles. The molecule has 104 valence electrons. The number of rotatable bonds is 6. The number of carbonyl (C=O) groups is 1. The van der Waals surface area contributed by atoms with Crippen molar-refractivity contribution in [2.24, 2.45) is 0 Å². The second kappa shape index (κ2) is 7.31. The van der Waals surface area contributed by atoms with Crippen LogP contribution in [0.25, 0.3) is 6.08 Å². The zero-order valence-corrected chi connectivity index (χ0v) is 11.0. The summed E-state index contributed by atoms with van der Waals surface area (Å²) in [5, 5.41) is 12.5. The van der Waals surface area contributed by atoms with E-state index in [4.69, 9.17) is 4.42 Å². The highest BCUT2D eigenvalue weighted by Gasteiger charge is 2.09. The average Bonchev–Trinajstić information content (AvgIpc) is 3.00. The van der Waals surface area contributed by atoms with E-state index in [2.05, 4.69) is 5.32 Å². The molecule has 0 aliphatic heterocycles. The highest BCUT2D eigenvalue weighted by molar-refractivity contribution is 5.91. The van der Waals surface area contributed by atoms with Gasteiger partial charge in [0, 0.05) is 12.6 Å². The summed E-state index contributed by atoms with van der Waals surface area (Å²) < 4.78 is 5.08. The predicted octanol–water partition coefficient (Wildman–Crippen LogP) is 2.53. The molecule has 0 aliphatic rings. The smallest absolute Gasteiger partial charge is 0.244 e. The molecule has 0 radical (unpaired) electrons. The molecule has 0 saturated heterocycles. The minimum atomic E-state index is -0.691. The van der Waals surface area contributed by atoms with Crippen molar-refractivity contribution in [3.8, 4) is 0 Å². The highest BCUT2D eigenvalue weighted by Crippen LogP contribution is 2.15. The van der Waals surface area contributed by atoms with Crippen LogP contribution in [0.5, 0.6) is 0 Å². The van der Waals surface area contributed by atoms with E-state index in [0.29, 0.717) is 18.7 Å². The number of furan rings is 1. The lowest BCUT2D eigenvalue weighted by atomic mass is 10.2. The Morgan fingerprint density at radius 2 is 2.05 bits per heavy atom. The van der Waals surface area contributed by atoms with Gasteiger partial charge in [0.2, 0.25) is 5.91 Å². The van der Waals surface area contributed by atoms with Gasteiger partial charge in [-0.05, 0) is 30.2 Å². The molecule has 2 rings (SSSR count). The van der Waals surface area contributed by atoms with E-state index in [0.717, 1.165) is 5.56 Å². The van der Waals surface area contributed by atoms with Crippen molar-refractivity contribution in [2.45, 2.75) is 12.5 Å². The van der Waals surface area contributed by atoms with Gasteiger partial charge in [0.15, 0.2) is 0 Å². The standard InChI is InChI=1S/C16H17NO3/c18-14(15-7-4-12-20-15)10-11-17-16(19)9-8-13-5-2-1-3-6-13/h1-9,12,14,18H,10-11H2,(H,17,19)/b9-8+/t14-/m1/s1. The molecule has 1 atom stereocenters. The molecule has 1 amide bonds. The van der Waals surface area contributed by atoms with E-state index in [9.17, 15) is 9.90 Å². The number of benzene rings is 1. The van der Waals surface area contributed by atoms with Crippen molar-refractivity contribution in [1.29, 1.82) is 0 Å². The fourth-order valence-electron chi connectivity index (χ4n) is 1.75. The number of carbonyl (C=O) groups excluding carboxylic acids is 1. The lowest BCUT2D eigenvalue weighted by molar-refractivity contribution is -0.116. The van der Waals surface area contributed by atoms with Crippen LogP contribution in [0.3, 0.4) is 0 Å². The lowest BCUT2D eigenvalue weighted by Crippen LogP contribution is -2.23. The largest absolute Gasteiger partial charge is 0.467 e. The Hall–Kier alpha value is -2.33. The summed E-state index contributed by atoms with van der Waals surface area (Å²) in [6.45, 7) is 0.389. The van der Waals surface area contributed by atoms with E-state index >= 15 is 0 Å². The summed E-state index contributed by atoms with van der Waals surface area (Å²) in [6, 6.07) is 13.0. The monoisotopic (exact) mass is 271 g/mol. The van der Waals surface area contributed by atoms with Crippen LogP contribution in [-0.2, 0) is 4.79 Å². The van der Waals surface area contributed by atoms with Gasteiger partial charge in [0.25, 0.3) is 0 Å². The average molecular weight is 271 g/mol. The Morgan fingerprint density at radius 1 is 1.25 bits per heavy atom. The molecule has 0 bridgehead atoms. The molecule has 4 nitrogen and oxygen atoms in total. The molecule has 4 heteroatoms. The lowest BCUT2D eigenvalue weighted by Gasteiger charge is -2.07. The third-order valence-electron chi connectivity index (χ3n) is 2.82. The van der Waals surface area contributed by atoms with Crippen molar-refractivity contribution in [1.82, 2.24) is 5.32 Å². The van der Waals surface area contributed by atoms with Crippen LogP contribution in [-0.4, -0.2) is 17.6 Å². The molecule has 0 unspecified atom stereocenters. The Labute approximate surface area is 117 Å². The van der Waals surface area contributed by atoms with Crippen LogP contribution >= 0.6 is 0 Å². The van der Waals surface area contributed by atoms with E-state index in [-0.39, 0.29) is 5.91 Å². The molecular weight excluding hydrogens is 254 g/mol. The Bertz CT molecular complexity index is 546. The van der Waals surface area contributed by atoms with Gasteiger partial charge in [-0.2, -0.15) is 0 Å². The summed E-state index contributed by atoms with van der Waals surface area (Å²) in [6.07, 6.45) is 4.47. The number of amides is 1. The first-order chi connectivity index (χ1) is 9.75. The van der Waals surface area contributed by atoms with E-state index in [1.807, 2.05) is 30.3 Å². The van der Waals surface area contributed by atoms with Crippen molar-refractivity contribution >= 4 is 12.0 Å². The van der Waals surface area contributed by atoms with Crippen LogP contribution in [0.15, 0.2) is 59.2 Å². The summed E-state index contributed by atoms with van der Waals surface area (Å²) in [7, 11) is 0. The van der Waals surface area contributed by atoms with Crippen molar-refractivity contribution < 1.29 is 14.3 Å². The number of hydrogen-bond acceptors (Lipinski definition) is 3. The number of aliphatic hydroxyl groups excluding tert-OH is 1. The molecule has 0 aliphatic carbocycles. The van der Waals surface area contributed by atoms with Crippen LogP contribution in [0, 0.1) is 0 Å². The fourth-order valence-corrected chi connectivity index (χ4v) is 1.75. The van der Waals surface area contributed by atoms with E-state index < -0.39 is 6.10 Å². The zero-order valence-electron chi connectivity index (χ0n) is 11.0. The maximum Gasteiger partial charge on any atom is 0.244 e. The van der Waals surface area contributed by atoms with Crippen LogP contribution in [0.1, 0.15) is 23.8 Å². The third-order valence-corrected chi connectivity index (χ3v) is 2.82. The first-order valence-electron chi connectivity index (χ1n) is 6.48. The molecule has 0 fully saturated rings. The molecule has 0 spiro atoms. The predicted molar refractivity (Wildman–Crippen MR) is 76.8 cm³/mol. The summed E-state index contributed by atoms with van der Waals surface area (Å²) in [5.41, 5.74) is 0.971. The van der Waals surface area contributed by atoms with E-state index in [1.54, 1.807) is 18.2 Å². The van der Waals surface area contributed by atoms with Gasteiger partial charge in [0.05, 0.1) is 6.26 Å². The van der Waals surface area contributed by atoms with Crippen molar-refractivity contribution in [3.05, 3.63) is 66.1 Å².